The van der Waals surface area contributed by atoms with Crippen LogP contribution in [-0.4, -0.2) is 34.1 Å². The Balaban J connectivity index is 1.86. The van der Waals surface area contributed by atoms with E-state index in [-0.39, 0.29) is 11.7 Å². The molecule has 8 nitrogen and oxygen atoms in total. The molecule has 2 aromatic heterocycles. The largest absolute Gasteiger partial charge is 0.382 e. The first-order valence-corrected chi connectivity index (χ1v) is 7.06. The summed E-state index contributed by atoms with van der Waals surface area (Å²) in [6.45, 7) is 3.25. The van der Waals surface area contributed by atoms with Crippen LogP contribution in [0.25, 0.3) is 0 Å². The first kappa shape index (κ1) is 14.3. The van der Waals surface area contributed by atoms with E-state index in [0.29, 0.717) is 28.9 Å². The maximum Gasteiger partial charge on any atom is 0.265 e. The first-order valence-electron chi connectivity index (χ1n) is 6.24. The number of anilines is 2. The number of nitrogens with two attached hydrogens (primary N) is 1. The summed E-state index contributed by atoms with van der Waals surface area (Å²) in [6, 6.07) is 0. The summed E-state index contributed by atoms with van der Waals surface area (Å²) in [5.41, 5.74) is 5.74. The number of carbonyl (C=O) groups excluding carboxylic acids is 1. The Hall–Kier alpha value is -2.16. The molecule has 0 saturated carbocycles. The Bertz CT molecular complexity index is 553. The Morgan fingerprint density at radius 1 is 1.50 bits per heavy atom. The van der Waals surface area contributed by atoms with Crippen LogP contribution in [0.2, 0.25) is 0 Å². The van der Waals surface area contributed by atoms with Crippen molar-refractivity contribution in [2.24, 2.45) is 0 Å². The highest BCUT2D eigenvalue weighted by Crippen LogP contribution is 2.24. The van der Waals surface area contributed by atoms with Gasteiger partial charge in [0.1, 0.15) is 10.7 Å². The summed E-state index contributed by atoms with van der Waals surface area (Å²) in [4.78, 5) is 20.4. The maximum absolute atomic E-state index is 12.0. The molecule has 0 aliphatic rings. The van der Waals surface area contributed by atoms with Crippen molar-refractivity contribution in [3.8, 4) is 0 Å². The van der Waals surface area contributed by atoms with E-state index in [4.69, 9.17) is 10.3 Å². The number of amides is 1. The number of nitrogen functional groups attached to an aromatic ring is 1. The average molecular weight is 296 g/mol. The second-order valence-corrected chi connectivity index (χ2v) is 5.00. The van der Waals surface area contributed by atoms with E-state index in [1.165, 1.54) is 17.7 Å². The highest BCUT2D eigenvalue weighted by molar-refractivity contribution is 7.18. The molecule has 2 aromatic rings. The van der Waals surface area contributed by atoms with E-state index >= 15 is 0 Å². The van der Waals surface area contributed by atoms with Crippen LogP contribution in [0.4, 0.5) is 10.9 Å². The van der Waals surface area contributed by atoms with E-state index in [1.807, 2.05) is 0 Å². The topological polar surface area (TPSA) is 119 Å². The van der Waals surface area contributed by atoms with Gasteiger partial charge in [0.2, 0.25) is 5.89 Å². The molecule has 1 amide bonds. The molecule has 0 atom stereocenters. The lowest BCUT2D eigenvalue weighted by Gasteiger charge is -2.01. The van der Waals surface area contributed by atoms with E-state index in [1.54, 1.807) is 0 Å². The van der Waals surface area contributed by atoms with Crippen molar-refractivity contribution < 1.29 is 9.32 Å². The second-order valence-electron chi connectivity index (χ2n) is 4.00. The van der Waals surface area contributed by atoms with Gasteiger partial charge in [0, 0.05) is 19.5 Å². The quantitative estimate of drug-likeness (QED) is 0.694. The first-order chi connectivity index (χ1) is 9.70. The number of rotatable bonds is 7. The lowest BCUT2D eigenvalue weighted by molar-refractivity contribution is 0.0958. The summed E-state index contributed by atoms with van der Waals surface area (Å²) in [7, 11) is 0. The fourth-order valence-electron chi connectivity index (χ4n) is 1.47. The van der Waals surface area contributed by atoms with Crippen molar-refractivity contribution >= 4 is 28.2 Å². The number of aromatic nitrogens is 3. The third-order valence-electron chi connectivity index (χ3n) is 2.42. The lowest BCUT2D eigenvalue weighted by Crippen LogP contribution is -2.25. The van der Waals surface area contributed by atoms with Gasteiger partial charge in [0.15, 0.2) is 11.5 Å². The van der Waals surface area contributed by atoms with Gasteiger partial charge in [-0.1, -0.05) is 23.4 Å². The lowest BCUT2D eigenvalue weighted by atomic mass is 10.4. The standard InChI is InChI=1S/C11H16N6O2S/c1-2-4-14-11-17-9(12)8(20-11)10(18)13-5-3-7-15-6-16-19-7/h6H,2-5,12H2,1H3,(H,13,18)(H,14,17). The molecule has 0 bridgehead atoms. The predicted molar refractivity (Wildman–Crippen MR) is 75.6 cm³/mol. The normalized spacial score (nSPS) is 10.4. The zero-order valence-corrected chi connectivity index (χ0v) is 11.9. The van der Waals surface area contributed by atoms with E-state index in [0.717, 1.165) is 13.0 Å². The van der Waals surface area contributed by atoms with Gasteiger partial charge < -0.3 is 20.9 Å². The maximum atomic E-state index is 12.0. The minimum atomic E-state index is -0.246. The van der Waals surface area contributed by atoms with Gasteiger partial charge in [-0.05, 0) is 6.42 Å². The molecule has 0 saturated heterocycles. The van der Waals surface area contributed by atoms with Crippen LogP contribution in [0.3, 0.4) is 0 Å². The predicted octanol–water partition coefficient (Wildman–Crippen LogP) is 0.903. The molecule has 0 radical (unpaired) electrons. The fourth-order valence-corrected chi connectivity index (χ4v) is 2.30. The zero-order valence-electron chi connectivity index (χ0n) is 11.0. The smallest absolute Gasteiger partial charge is 0.265 e. The molecule has 108 valence electrons. The summed E-state index contributed by atoms with van der Waals surface area (Å²) >= 11 is 1.24. The van der Waals surface area contributed by atoms with Gasteiger partial charge in [-0.3, -0.25) is 4.79 Å². The van der Waals surface area contributed by atoms with Gasteiger partial charge in [0.25, 0.3) is 5.91 Å². The minimum absolute atomic E-state index is 0.240. The van der Waals surface area contributed by atoms with Crippen LogP contribution in [-0.2, 0) is 6.42 Å². The highest BCUT2D eigenvalue weighted by Gasteiger charge is 2.15. The monoisotopic (exact) mass is 296 g/mol. The van der Waals surface area contributed by atoms with Crippen LogP contribution < -0.4 is 16.4 Å². The minimum Gasteiger partial charge on any atom is -0.382 e. The number of nitrogens with zero attached hydrogens (tertiary/aromatic N) is 3. The summed E-state index contributed by atoms with van der Waals surface area (Å²) in [5.74, 6) is 0.473. The third-order valence-corrected chi connectivity index (χ3v) is 3.44. The third kappa shape index (κ3) is 3.67. The van der Waals surface area contributed by atoms with E-state index in [9.17, 15) is 4.79 Å². The molecule has 2 rings (SSSR count). The highest BCUT2D eigenvalue weighted by atomic mass is 32.1. The number of hydrogen-bond acceptors (Lipinski definition) is 8. The Morgan fingerprint density at radius 3 is 3.05 bits per heavy atom. The van der Waals surface area contributed by atoms with E-state index in [2.05, 4.69) is 32.7 Å². The molecule has 9 heteroatoms. The fraction of sp³-hybridized carbons (Fsp3) is 0.455. The summed E-state index contributed by atoms with van der Waals surface area (Å²) in [6.07, 6.45) is 2.78. The van der Waals surface area contributed by atoms with Gasteiger partial charge >= 0.3 is 0 Å². The number of hydrogen-bond donors (Lipinski definition) is 3. The Kier molecular flexibility index (Phi) is 4.88. The molecule has 4 N–H and O–H groups in total. The molecule has 2 heterocycles. The van der Waals surface area contributed by atoms with Crippen molar-refractivity contribution in [3.63, 3.8) is 0 Å². The molecule has 0 unspecified atom stereocenters. The van der Waals surface area contributed by atoms with Crippen molar-refractivity contribution in [3.05, 3.63) is 17.1 Å². The molecular formula is C11H16N6O2S. The van der Waals surface area contributed by atoms with Crippen LogP contribution in [0.15, 0.2) is 10.9 Å². The number of nitrogens with one attached hydrogen (secondary N) is 2. The van der Waals surface area contributed by atoms with Gasteiger partial charge in [-0.15, -0.1) is 0 Å². The van der Waals surface area contributed by atoms with Crippen molar-refractivity contribution in [2.75, 3.05) is 24.1 Å². The van der Waals surface area contributed by atoms with Crippen LogP contribution in [0.5, 0.6) is 0 Å². The molecule has 0 aliphatic heterocycles. The van der Waals surface area contributed by atoms with E-state index < -0.39 is 0 Å². The SMILES string of the molecule is CCCNc1nc(N)c(C(=O)NCCc2ncno2)s1. The van der Waals surface area contributed by atoms with Crippen LogP contribution in [0.1, 0.15) is 28.9 Å². The number of thiazole rings is 1. The molecule has 0 aromatic carbocycles. The molecular weight excluding hydrogens is 280 g/mol. The second kappa shape index (κ2) is 6.85. The average Bonchev–Trinajstić information content (AvgIpc) is 3.06. The van der Waals surface area contributed by atoms with Gasteiger partial charge in [-0.25, -0.2) is 4.98 Å². The molecule has 0 aliphatic carbocycles. The van der Waals surface area contributed by atoms with Crippen molar-refractivity contribution in [1.29, 1.82) is 0 Å². The van der Waals surface area contributed by atoms with Crippen molar-refractivity contribution in [1.82, 2.24) is 20.4 Å². The summed E-state index contributed by atoms with van der Waals surface area (Å²) in [5, 5.41) is 9.99. The van der Waals surface area contributed by atoms with Crippen LogP contribution in [0, 0.1) is 0 Å². The Labute approximate surface area is 119 Å². The summed E-state index contributed by atoms with van der Waals surface area (Å²) < 4.78 is 4.84. The molecule has 0 spiro atoms. The van der Waals surface area contributed by atoms with Gasteiger partial charge in [-0.2, -0.15) is 4.98 Å². The Morgan fingerprint density at radius 2 is 2.35 bits per heavy atom. The number of carbonyl (C=O) groups is 1. The van der Waals surface area contributed by atoms with Crippen molar-refractivity contribution in [2.45, 2.75) is 19.8 Å². The molecule has 0 fully saturated rings. The zero-order chi connectivity index (χ0) is 14.4. The molecule has 20 heavy (non-hydrogen) atoms. The van der Waals surface area contributed by atoms with Gasteiger partial charge in [0.05, 0.1) is 0 Å². The van der Waals surface area contributed by atoms with Crippen LogP contribution >= 0.6 is 11.3 Å².